The molecular weight excluding hydrogens is 260 g/mol. The molecule has 0 atom stereocenters. The van der Waals surface area contributed by atoms with Gasteiger partial charge in [0.25, 0.3) is 5.91 Å². The number of carbonyl (C=O) groups excluding carboxylic acids is 1. The first kappa shape index (κ1) is 13.6. The highest BCUT2D eigenvalue weighted by atomic mass is 35.5. The van der Waals surface area contributed by atoms with Crippen LogP contribution in [0.25, 0.3) is 0 Å². The number of benzene rings is 1. The Morgan fingerprint density at radius 3 is 2.58 bits per heavy atom. The Morgan fingerprint density at radius 2 is 1.89 bits per heavy atom. The van der Waals surface area contributed by atoms with Crippen molar-refractivity contribution < 1.29 is 4.79 Å². The summed E-state index contributed by atoms with van der Waals surface area (Å²) in [5.41, 5.74) is 4.16. The van der Waals surface area contributed by atoms with Gasteiger partial charge in [-0.1, -0.05) is 23.7 Å². The Kier molecular flexibility index (Phi) is 3.86. The van der Waals surface area contributed by atoms with Crippen LogP contribution in [-0.4, -0.2) is 10.9 Å². The second kappa shape index (κ2) is 5.41. The van der Waals surface area contributed by atoms with Gasteiger partial charge in [0, 0.05) is 11.8 Å². The van der Waals surface area contributed by atoms with Gasteiger partial charge in [0.1, 0.15) is 0 Å². The fraction of sp³-hybridized carbons (Fsp3) is 0.200. The molecule has 98 valence electrons. The summed E-state index contributed by atoms with van der Waals surface area (Å²) in [5.74, 6) is -0.167. The van der Waals surface area contributed by atoms with Crippen molar-refractivity contribution in [1.82, 2.24) is 4.98 Å². The summed E-state index contributed by atoms with van der Waals surface area (Å²) in [6.07, 6.45) is 1.62. The Balaban J connectivity index is 2.34. The number of carbonyl (C=O) groups is 1. The lowest BCUT2D eigenvalue weighted by Gasteiger charge is -2.12. The summed E-state index contributed by atoms with van der Waals surface area (Å²) in [7, 11) is 0. The summed E-state index contributed by atoms with van der Waals surface area (Å²) in [6.45, 7) is 5.79. The molecule has 1 heterocycles. The number of amides is 1. The first-order valence-corrected chi connectivity index (χ1v) is 6.37. The molecule has 0 radical (unpaired) electrons. The lowest BCUT2D eigenvalue weighted by atomic mass is 10.0. The summed E-state index contributed by atoms with van der Waals surface area (Å²) in [4.78, 5) is 16.3. The SMILES string of the molecule is Cc1cccc(C(=O)Nc2c(C)ccnc2Cl)c1C. The van der Waals surface area contributed by atoms with Crippen LogP contribution >= 0.6 is 11.6 Å². The minimum Gasteiger partial charge on any atom is -0.319 e. The third-order valence-electron chi connectivity index (χ3n) is 3.20. The smallest absolute Gasteiger partial charge is 0.256 e. The van der Waals surface area contributed by atoms with E-state index in [1.54, 1.807) is 12.3 Å². The van der Waals surface area contributed by atoms with Crippen LogP contribution in [0.1, 0.15) is 27.0 Å². The second-order valence-electron chi connectivity index (χ2n) is 4.50. The molecule has 0 aliphatic rings. The molecule has 19 heavy (non-hydrogen) atoms. The molecule has 0 saturated heterocycles. The number of halogens is 1. The Hall–Kier alpha value is -1.87. The van der Waals surface area contributed by atoms with Crippen LogP contribution in [0.3, 0.4) is 0 Å². The third-order valence-corrected chi connectivity index (χ3v) is 3.49. The standard InChI is InChI=1S/C15H15ClN2O/c1-9-5-4-6-12(11(9)3)15(19)18-13-10(2)7-8-17-14(13)16/h4-8H,1-3H3,(H,18,19). The van der Waals surface area contributed by atoms with E-state index in [1.807, 2.05) is 39.0 Å². The molecule has 1 aromatic heterocycles. The molecule has 0 aliphatic heterocycles. The fourth-order valence-electron chi connectivity index (χ4n) is 1.85. The Bertz CT molecular complexity index is 618. The van der Waals surface area contributed by atoms with Crippen LogP contribution in [-0.2, 0) is 0 Å². The minimum absolute atomic E-state index is 0.167. The molecule has 0 unspecified atom stereocenters. The minimum atomic E-state index is -0.167. The number of aryl methyl sites for hydroxylation is 2. The summed E-state index contributed by atoms with van der Waals surface area (Å²) < 4.78 is 0. The highest BCUT2D eigenvalue weighted by molar-refractivity contribution is 6.32. The maximum absolute atomic E-state index is 12.3. The van der Waals surface area contributed by atoms with Crippen molar-refractivity contribution in [2.75, 3.05) is 5.32 Å². The van der Waals surface area contributed by atoms with Crippen molar-refractivity contribution in [3.05, 3.63) is 57.9 Å². The average Bonchev–Trinajstić information content (AvgIpc) is 2.37. The zero-order valence-corrected chi connectivity index (χ0v) is 11.9. The van der Waals surface area contributed by atoms with E-state index < -0.39 is 0 Å². The zero-order chi connectivity index (χ0) is 14.0. The molecule has 4 heteroatoms. The van der Waals surface area contributed by atoms with Gasteiger partial charge >= 0.3 is 0 Å². The fourth-order valence-corrected chi connectivity index (χ4v) is 2.11. The van der Waals surface area contributed by atoms with Gasteiger partial charge < -0.3 is 5.32 Å². The molecule has 0 saturated carbocycles. The Morgan fingerprint density at radius 1 is 1.16 bits per heavy atom. The second-order valence-corrected chi connectivity index (χ2v) is 4.85. The predicted molar refractivity (Wildman–Crippen MR) is 77.9 cm³/mol. The van der Waals surface area contributed by atoms with Gasteiger partial charge in [0.2, 0.25) is 0 Å². The quantitative estimate of drug-likeness (QED) is 0.844. The van der Waals surface area contributed by atoms with Crippen molar-refractivity contribution >= 4 is 23.2 Å². The van der Waals surface area contributed by atoms with E-state index in [-0.39, 0.29) is 5.91 Å². The summed E-state index contributed by atoms with van der Waals surface area (Å²) in [6, 6.07) is 7.46. The number of nitrogens with one attached hydrogen (secondary N) is 1. The molecule has 0 spiro atoms. The number of aromatic nitrogens is 1. The maximum atomic E-state index is 12.3. The number of pyridine rings is 1. The largest absolute Gasteiger partial charge is 0.319 e. The van der Waals surface area contributed by atoms with Crippen molar-refractivity contribution in [3.8, 4) is 0 Å². The molecule has 3 nitrogen and oxygen atoms in total. The summed E-state index contributed by atoms with van der Waals surface area (Å²) >= 11 is 6.01. The van der Waals surface area contributed by atoms with Gasteiger partial charge in [-0.25, -0.2) is 4.98 Å². The molecule has 0 aliphatic carbocycles. The van der Waals surface area contributed by atoms with Crippen LogP contribution in [0.5, 0.6) is 0 Å². The highest BCUT2D eigenvalue weighted by Gasteiger charge is 2.13. The van der Waals surface area contributed by atoms with Crippen LogP contribution < -0.4 is 5.32 Å². The van der Waals surface area contributed by atoms with E-state index in [1.165, 1.54) is 0 Å². The third kappa shape index (κ3) is 2.76. The lowest BCUT2D eigenvalue weighted by Crippen LogP contribution is -2.15. The monoisotopic (exact) mass is 274 g/mol. The predicted octanol–water partition coefficient (Wildman–Crippen LogP) is 3.91. The molecular formula is C15H15ClN2O. The molecule has 2 rings (SSSR count). The van der Waals surface area contributed by atoms with E-state index in [9.17, 15) is 4.79 Å². The van der Waals surface area contributed by atoms with Gasteiger partial charge in [-0.3, -0.25) is 4.79 Å². The molecule has 0 fully saturated rings. The van der Waals surface area contributed by atoms with E-state index in [0.717, 1.165) is 16.7 Å². The van der Waals surface area contributed by atoms with Crippen LogP contribution in [0.15, 0.2) is 30.5 Å². The summed E-state index contributed by atoms with van der Waals surface area (Å²) in [5, 5.41) is 3.13. The maximum Gasteiger partial charge on any atom is 0.256 e. The van der Waals surface area contributed by atoms with Gasteiger partial charge in [-0.2, -0.15) is 0 Å². The first-order chi connectivity index (χ1) is 9.00. The van der Waals surface area contributed by atoms with Gasteiger partial charge in [0.05, 0.1) is 5.69 Å². The van der Waals surface area contributed by atoms with E-state index in [2.05, 4.69) is 10.3 Å². The van der Waals surface area contributed by atoms with Crippen LogP contribution in [0.4, 0.5) is 5.69 Å². The van der Waals surface area contributed by atoms with Crippen molar-refractivity contribution in [1.29, 1.82) is 0 Å². The number of hydrogen-bond donors (Lipinski definition) is 1. The van der Waals surface area contributed by atoms with Crippen LogP contribution in [0.2, 0.25) is 5.15 Å². The Labute approximate surface area is 117 Å². The first-order valence-electron chi connectivity index (χ1n) is 5.99. The van der Waals surface area contributed by atoms with Crippen molar-refractivity contribution in [3.63, 3.8) is 0 Å². The number of hydrogen-bond acceptors (Lipinski definition) is 2. The number of anilines is 1. The van der Waals surface area contributed by atoms with E-state index in [4.69, 9.17) is 11.6 Å². The average molecular weight is 275 g/mol. The molecule has 2 aromatic rings. The molecule has 1 N–H and O–H groups in total. The highest BCUT2D eigenvalue weighted by Crippen LogP contribution is 2.24. The lowest BCUT2D eigenvalue weighted by molar-refractivity contribution is 0.102. The van der Waals surface area contributed by atoms with Gasteiger partial charge in [0.15, 0.2) is 5.15 Å². The van der Waals surface area contributed by atoms with E-state index in [0.29, 0.717) is 16.4 Å². The normalized spacial score (nSPS) is 10.3. The number of rotatable bonds is 2. The zero-order valence-electron chi connectivity index (χ0n) is 11.1. The van der Waals surface area contributed by atoms with Gasteiger partial charge in [-0.15, -0.1) is 0 Å². The topological polar surface area (TPSA) is 42.0 Å². The van der Waals surface area contributed by atoms with E-state index >= 15 is 0 Å². The molecule has 1 aromatic carbocycles. The van der Waals surface area contributed by atoms with Crippen LogP contribution in [0, 0.1) is 20.8 Å². The van der Waals surface area contributed by atoms with Gasteiger partial charge in [-0.05, 0) is 49.6 Å². The number of nitrogens with zero attached hydrogens (tertiary/aromatic N) is 1. The van der Waals surface area contributed by atoms with Crippen molar-refractivity contribution in [2.45, 2.75) is 20.8 Å². The molecule has 1 amide bonds. The van der Waals surface area contributed by atoms with Crippen molar-refractivity contribution in [2.24, 2.45) is 0 Å². The molecule has 0 bridgehead atoms.